The summed E-state index contributed by atoms with van der Waals surface area (Å²) in [5.41, 5.74) is 2.50. The molecule has 208 valence electrons. The van der Waals surface area contributed by atoms with Crippen LogP contribution in [0.15, 0.2) is 60.3 Å². The van der Waals surface area contributed by atoms with Gasteiger partial charge in [0, 0.05) is 30.5 Å². The lowest BCUT2D eigenvalue weighted by atomic mass is 9.98. The van der Waals surface area contributed by atoms with Gasteiger partial charge in [-0.3, -0.25) is 0 Å². The molecule has 1 heterocycles. The van der Waals surface area contributed by atoms with Crippen LogP contribution in [0.5, 0.6) is 5.75 Å². The lowest BCUT2D eigenvalue weighted by Gasteiger charge is -2.41. The number of likely N-dealkylation sites (tertiary alicyclic amines) is 1. The van der Waals surface area contributed by atoms with Crippen molar-refractivity contribution in [2.45, 2.75) is 98.8 Å². The Morgan fingerprint density at radius 2 is 1.78 bits per heavy atom. The van der Waals surface area contributed by atoms with E-state index in [1.54, 1.807) is 29.2 Å². The van der Waals surface area contributed by atoms with Crippen molar-refractivity contribution < 1.29 is 23.0 Å². The molecule has 7 heteroatoms. The average Bonchev–Trinajstić information content (AvgIpc) is 2.86. The Hall–Kier alpha value is -2.83. The van der Waals surface area contributed by atoms with Crippen LogP contribution in [-0.4, -0.2) is 42.3 Å². The van der Waals surface area contributed by atoms with Gasteiger partial charge < -0.3 is 19.3 Å². The number of carbonyl (C=O) groups is 1. The van der Waals surface area contributed by atoms with E-state index in [-0.39, 0.29) is 17.9 Å². The first-order chi connectivity index (χ1) is 17.6. The molecule has 0 unspecified atom stereocenters. The molecule has 0 N–H and O–H groups in total. The van der Waals surface area contributed by atoms with E-state index in [2.05, 4.69) is 29.2 Å². The molecule has 1 aliphatic rings. The van der Waals surface area contributed by atoms with Crippen LogP contribution in [0.1, 0.15) is 80.6 Å². The second-order valence-corrected chi connectivity index (χ2v) is 9.66. The van der Waals surface area contributed by atoms with Crippen LogP contribution >= 0.6 is 0 Å². The average molecular weight is 521 g/mol. The number of carbonyl (C=O) groups excluding carboxylic acids is 1. The third kappa shape index (κ3) is 10.6. The monoisotopic (exact) mass is 520 g/mol. The van der Waals surface area contributed by atoms with E-state index in [1.165, 1.54) is 5.57 Å². The number of amides is 1. The number of rotatable bonds is 10. The van der Waals surface area contributed by atoms with Gasteiger partial charge in [-0.05, 0) is 89.3 Å². The second-order valence-electron chi connectivity index (χ2n) is 9.66. The number of piperidine rings is 1. The highest BCUT2D eigenvalue weighted by atomic mass is 19.3. The molecular formula is C30H46F2N2O3. The Balaban J connectivity index is 0.00000334. The molecule has 0 aliphatic carbocycles. The topological polar surface area (TPSA) is 42.0 Å². The van der Waals surface area contributed by atoms with Crippen molar-refractivity contribution in [3.8, 4) is 5.75 Å². The molecule has 1 aliphatic heterocycles. The molecule has 1 saturated heterocycles. The van der Waals surface area contributed by atoms with Crippen LogP contribution in [0.25, 0.3) is 0 Å². The van der Waals surface area contributed by atoms with Gasteiger partial charge in [-0.25, -0.2) is 4.79 Å². The molecule has 1 amide bonds. The minimum absolute atomic E-state index is 0.102. The smallest absolute Gasteiger partial charge is 0.410 e. The highest BCUT2D eigenvalue weighted by Crippen LogP contribution is 2.33. The fourth-order valence-electron chi connectivity index (χ4n) is 4.22. The van der Waals surface area contributed by atoms with Crippen molar-refractivity contribution in [3.63, 3.8) is 0 Å². The summed E-state index contributed by atoms with van der Waals surface area (Å²) in [5.74, 6) is 0.118. The number of unbranched alkanes of at least 4 members (excludes halogenated alkanes) is 1. The summed E-state index contributed by atoms with van der Waals surface area (Å²) in [5, 5.41) is 0. The summed E-state index contributed by atoms with van der Waals surface area (Å²) in [4.78, 5) is 16.6. The van der Waals surface area contributed by atoms with Crippen molar-refractivity contribution in [1.29, 1.82) is 0 Å². The number of ether oxygens (including phenoxy) is 2. The standard InChI is InChI=1S/C28H40F2N2O3.C2H6/c1-7-10-12-21(11-8-2)25(9-3)32(22-13-15-24(16-14-22)34-26(29)30)23-17-19-31(20-18-23)27(33)35-28(4,5)6;1-2/h8-9,11,13-16,23,26H,3,7,10,12,17-20H2,1-2,4-6H3;1-2H3/b11-8-,25-21-;. The summed E-state index contributed by atoms with van der Waals surface area (Å²) < 4.78 is 35.4. The van der Waals surface area contributed by atoms with E-state index in [4.69, 9.17) is 4.74 Å². The van der Waals surface area contributed by atoms with Gasteiger partial charge in [-0.2, -0.15) is 8.78 Å². The molecule has 1 fully saturated rings. The van der Waals surface area contributed by atoms with Gasteiger partial charge in [-0.1, -0.05) is 45.9 Å². The van der Waals surface area contributed by atoms with Crippen LogP contribution in [0.3, 0.4) is 0 Å². The first-order valence-electron chi connectivity index (χ1n) is 13.4. The van der Waals surface area contributed by atoms with Gasteiger partial charge in [0.1, 0.15) is 11.4 Å². The minimum Gasteiger partial charge on any atom is -0.444 e. The van der Waals surface area contributed by atoms with Crippen LogP contribution in [-0.2, 0) is 4.74 Å². The largest absolute Gasteiger partial charge is 0.444 e. The maximum atomic E-state index is 12.7. The van der Waals surface area contributed by atoms with Crippen molar-refractivity contribution in [2.75, 3.05) is 18.0 Å². The Kier molecular flexibility index (Phi) is 14.0. The number of anilines is 1. The summed E-state index contributed by atoms with van der Waals surface area (Å²) in [7, 11) is 0. The number of benzene rings is 1. The van der Waals surface area contributed by atoms with Gasteiger partial charge in [0.15, 0.2) is 0 Å². The predicted molar refractivity (Wildman–Crippen MR) is 149 cm³/mol. The number of alkyl halides is 2. The zero-order valence-electron chi connectivity index (χ0n) is 23.7. The number of nitrogens with zero attached hydrogens (tertiary/aromatic N) is 2. The van der Waals surface area contributed by atoms with Gasteiger partial charge in [-0.15, -0.1) is 0 Å². The van der Waals surface area contributed by atoms with E-state index in [0.717, 1.165) is 43.5 Å². The van der Waals surface area contributed by atoms with Gasteiger partial charge >= 0.3 is 12.7 Å². The molecular weight excluding hydrogens is 474 g/mol. The zero-order chi connectivity index (χ0) is 28.0. The van der Waals surface area contributed by atoms with Crippen molar-refractivity contribution in [2.24, 2.45) is 0 Å². The van der Waals surface area contributed by atoms with Crippen LogP contribution in [0.4, 0.5) is 19.3 Å². The lowest BCUT2D eigenvalue weighted by molar-refractivity contribution is -0.0498. The van der Waals surface area contributed by atoms with Gasteiger partial charge in [0.25, 0.3) is 0 Å². The molecule has 0 bridgehead atoms. The number of allylic oxidation sites excluding steroid dienone is 4. The molecule has 1 aromatic carbocycles. The predicted octanol–water partition coefficient (Wildman–Crippen LogP) is 8.73. The first kappa shape index (κ1) is 32.2. The molecule has 0 spiro atoms. The summed E-state index contributed by atoms with van der Waals surface area (Å²) in [6.45, 7) is 16.1. The maximum absolute atomic E-state index is 12.7. The number of hydrogen-bond acceptors (Lipinski definition) is 4. The Morgan fingerprint density at radius 3 is 2.24 bits per heavy atom. The van der Waals surface area contributed by atoms with Crippen LogP contribution in [0, 0.1) is 0 Å². The zero-order valence-corrected chi connectivity index (χ0v) is 23.7. The number of hydrogen-bond donors (Lipinski definition) is 0. The quantitative estimate of drug-likeness (QED) is 0.289. The molecule has 2 rings (SSSR count). The van der Waals surface area contributed by atoms with Crippen molar-refractivity contribution in [1.82, 2.24) is 4.90 Å². The van der Waals surface area contributed by atoms with Crippen molar-refractivity contribution in [3.05, 3.63) is 60.3 Å². The number of halogens is 2. The van der Waals surface area contributed by atoms with E-state index in [9.17, 15) is 13.6 Å². The van der Waals surface area contributed by atoms with E-state index in [1.807, 2.05) is 53.7 Å². The Morgan fingerprint density at radius 1 is 1.19 bits per heavy atom. The molecule has 0 aromatic heterocycles. The first-order valence-corrected chi connectivity index (χ1v) is 13.4. The van der Waals surface area contributed by atoms with Crippen LogP contribution < -0.4 is 9.64 Å². The maximum Gasteiger partial charge on any atom is 0.410 e. The minimum atomic E-state index is -2.87. The Bertz CT molecular complexity index is 881. The normalized spacial score (nSPS) is 15.1. The fraction of sp³-hybridized carbons (Fsp3) is 0.567. The molecule has 1 aromatic rings. The molecule has 5 nitrogen and oxygen atoms in total. The second kappa shape index (κ2) is 16.1. The molecule has 0 saturated carbocycles. The highest BCUT2D eigenvalue weighted by molar-refractivity contribution is 5.68. The van der Waals surface area contributed by atoms with Crippen molar-refractivity contribution >= 4 is 11.8 Å². The lowest BCUT2D eigenvalue weighted by Crippen LogP contribution is -2.48. The Labute approximate surface area is 222 Å². The SMILES string of the molecule is C=C/C(=C(\C=C/C)CCCC)N(c1ccc(OC(F)F)cc1)C1CCN(C(=O)OC(C)(C)C)CC1.CC. The third-order valence-corrected chi connectivity index (χ3v) is 5.77. The van der Waals surface area contributed by atoms with Gasteiger partial charge in [0.2, 0.25) is 0 Å². The molecule has 37 heavy (non-hydrogen) atoms. The van der Waals surface area contributed by atoms with E-state index < -0.39 is 12.2 Å². The van der Waals surface area contributed by atoms with Gasteiger partial charge in [0.05, 0.1) is 0 Å². The summed E-state index contributed by atoms with van der Waals surface area (Å²) in [6, 6.07) is 6.83. The highest BCUT2D eigenvalue weighted by Gasteiger charge is 2.31. The van der Waals surface area contributed by atoms with E-state index >= 15 is 0 Å². The summed E-state index contributed by atoms with van der Waals surface area (Å²) >= 11 is 0. The van der Waals surface area contributed by atoms with E-state index in [0.29, 0.717) is 13.1 Å². The van der Waals surface area contributed by atoms with Crippen LogP contribution in [0.2, 0.25) is 0 Å². The summed E-state index contributed by atoms with van der Waals surface area (Å²) in [6.07, 6.45) is 10.2. The fourth-order valence-corrected chi connectivity index (χ4v) is 4.22. The third-order valence-electron chi connectivity index (χ3n) is 5.77. The molecule has 0 atom stereocenters. The molecule has 0 radical (unpaired) electrons.